The van der Waals surface area contributed by atoms with E-state index in [2.05, 4.69) is 10.1 Å². The van der Waals surface area contributed by atoms with Gasteiger partial charge in [-0.3, -0.25) is 4.79 Å². The molecule has 0 bridgehead atoms. The zero-order valence-electron chi connectivity index (χ0n) is 12.6. The van der Waals surface area contributed by atoms with Crippen molar-refractivity contribution < 1.29 is 35.5 Å². The summed E-state index contributed by atoms with van der Waals surface area (Å²) in [6, 6.07) is 5.08. The Morgan fingerprint density at radius 2 is 1.56 bits per heavy atom. The lowest BCUT2D eigenvalue weighted by Gasteiger charge is -2.10. The first kappa shape index (κ1) is 18.7. The quantitative estimate of drug-likeness (QED) is 0.642. The van der Waals surface area contributed by atoms with Gasteiger partial charge in [0.05, 0.1) is 4.90 Å². The van der Waals surface area contributed by atoms with Gasteiger partial charge in [-0.1, -0.05) is 0 Å². The number of rotatable bonds is 5. The molecule has 0 aliphatic heterocycles. The minimum atomic E-state index is -3.40. The van der Waals surface area contributed by atoms with E-state index < -0.39 is 51.4 Å². The van der Waals surface area contributed by atoms with Crippen LogP contribution < -0.4 is 10.1 Å². The lowest BCUT2D eigenvalue weighted by molar-refractivity contribution is -0.118. The average Bonchev–Trinajstić information content (AvgIpc) is 2.52. The molecule has 0 fully saturated rings. The summed E-state index contributed by atoms with van der Waals surface area (Å²) in [6.07, 6.45) is 1.01. The molecule has 0 radical (unpaired) electrons. The Bertz CT molecular complexity index is 888. The lowest BCUT2D eigenvalue weighted by atomic mass is 10.3. The summed E-state index contributed by atoms with van der Waals surface area (Å²) in [6.45, 7) is -0.926. The first-order valence-electron chi connectivity index (χ1n) is 6.65. The standard InChI is InChI=1S/C15H11F4NO4S/c1-25(22,23)9-4-2-8(3-5-9)20-12(21)7-24-15-13(18)10(16)6-11(17)14(15)19/h2-6H,7H2,1H3,(H,20,21). The van der Waals surface area contributed by atoms with E-state index in [4.69, 9.17) is 0 Å². The van der Waals surface area contributed by atoms with Crippen molar-refractivity contribution in [3.8, 4) is 5.75 Å². The van der Waals surface area contributed by atoms with Crippen molar-refractivity contribution in [2.45, 2.75) is 4.90 Å². The minimum absolute atomic E-state index is 0.0148. The van der Waals surface area contributed by atoms with Crippen molar-refractivity contribution in [1.29, 1.82) is 0 Å². The van der Waals surface area contributed by atoms with Crippen LogP contribution in [0.1, 0.15) is 0 Å². The van der Waals surface area contributed by atoms with Crippen molar-refractivity contribution in [1.82, 2.24) is 0 Å². The smallest absolute Gasteiger partial charge is 0.262 e. The van der Waals surface area contributed by atoms with Crippen LogP contribution in [-0.2, 0) is 14.6 Å². The summed E-state index contributed by atoms with van der Waals surface area (Å²) in [4.78, 5) is 11.7. The van der Waals surface area contributed by atoms with Gasteiger partial charge in [-0.15, -0.1) is 0 Å². The second kappa shape index (κ2) is 7.09. The maximum absolute atomic E-state index is 13.4. The lowest BCUT2D eigenvalue weighted by Crippen LogP contribution is -2.21. The van der Waals surface area contributed by atoms with Gasteiger partial charge < -0.3 is 10.1 Å². The third kappa shape index (κ3) is 4.47. The van der Waals surface area contributed by atoms with Crippen LogP contribution in [0.3, 0.4) is 0 Å². The van der Waals surface area contributed by atoms with Crippen molar-refractivity contribution in [2.24, 2.45) is 0 Å². The highest BCUT2D eigenvalue weighted by molar-refractivity contribution is 7.90. The highest BCUT2D eigenvalue weighted by atomic mass is 32.2. The zero-order chi connectivity index (χ0) is 18.8. The Morgan fingerprint density at radius 3 is 2.04 bits per heavy atom. The Morgan fingerprint density at radius 1 is 1.04 bits per heavy atom. The van der Waals surface area contributed by atoms with Gasteiger partial charge in [-0.2, -0.15) is 8.78 Å². The minimum Gasteiger partial charge on any atom is -0.477 e. The number of anilines is 1. The van der Waals surface area contributed by atoms with Crippen LogP contribution in [0.15, 0.2) is 35.2 Å². The van der Waals surface area contributed by atoms with Gasteiger partial charge >= 0.3 is 0 Å². The molecule has 0 aliphatic carbocycles. The predicted octanol–water partition coefficient (Wildman–Crippen LogP) is 2.66. The number of hydrogen-bond acceptors (Lipinski definition) is 4. The van der Waals surface area contributed by atoms with Crippen LogP contribution in [0.25, 0.3) is 0 Å². The monoisotopic (exact) mass is 377 g/mol. The van der Waals surface area contributed by atoms with E-state index in [0.29, 0.717) is 0 Å². The van der Waals surface area contributed by atoms with Gasteiger partial charge in [0.15, 0.2) is 33.8 Å². The highest BCUT2D eigenvalue weighted by Crippen LogP contribution is 2.26. The molecule has 25 heavy (non-hydrogen) atoms. The molecule has 1 N–H and O–H groups in total. The van der Waals surface area contributed by atoms with Crippen LogP contribution in [0.2, 0.25) is 0 Å². The molecule has 1 amide bonds. The molecule has 0 spiro atoms. The molecule has 0 heterocycles. The van der Waals surface area contributed by atoms with E-state index in [9.17, 15) is 30.8 Å². The number of ether oxygens (including phenoxy) is 1. The van der Waals surface area contributed by atoms with Crippen LogP contribution in [0.5, 0.6) is 5.75 Å². The largest absolute Gasteiger partial charge is 0.477 e. The maximum Gasteiger partial charge on any atom is 0.262 e. The van der Waals surface area contributed by atoms with Crippen molar-refractivity contribution in [2.75, 3.05) is 18.2 Å². The second-order valence-corrected chi connectivity index (χ2v) is 6.95. The molecule has 0 atom stereocenters. The molecule has 10 heteroatoms. The summed E-state index contributed by atoms with van der Waals surface area (Å²) >= 11 is 0. The fraction of sp³-hybridized carbons (Fsp3) is 0.133. The normalized spacial score (nSPS) is 11.2. The summed E-state index contributed by atoms with van der Waals surface area (Å²) < 4.78 is 79.9. The van der Waals surface area contributed by atoms with E-state index in [1.807, 2.05) is 0 Å². The number of amides is 1. The fourth-order valence-corrected chi connectivity index (χ4v) is 2.43. The number of carbonyl (C=O) groups is 1. The fourth-order valence-electron chi connectivity index (χ4n) is 1.80. The number of halogens is 4. The molecule has 2 aromatic carbocycles. The van der Waals surface area contributed by atoms with E-state index >= 15 is 0 Å². The van der Waals surface area contributed by atoms with Crippen LogP contribution in [0, 0.1) is 23.3 Å². The molecule has 0 saturated heterocycles. The van der Waals surface area contributed by atoms with Crippen LogP contribution >= 0.6 is 0 Å². The first-order valence-corrected chi connectivity index (χ1v) is 8.54. The molecule has 0 aliphatic rings. The van der Waals surface area contributed by atoms with Gasteiger partial charge in [0.2, 0.25) is 11.6 Å². The van der Waals surface area contributed by atoms with Crippen LogP contribution in [-0.4, -0.2) is 27.2 Å². The molecule has 0 unspecified atom stereocenters. The Hall–Kier alpha value is -2.62. The van der Waals surface area contributed by atoms with Gasteiger partial charge in [0.1, 0.15) is 0 Å². The Labute approximate surface area is 140 Å². The van der Waals surface area contributed by atoms with Gasteiger partial charge in [-0.05, 0) is 24.3 Å². The van der Waals surface area contributed by atoms with Crippen molar-refractivity contribution >= 4 is 21.4 Å². The predicted molar refractivity (Wildman–Crippen MR) is 80.0 cm³/mol. The van der Waals surface area contributed by atoms with Gasteiger partial charge in [0.25, 0.3) is 5.91 Å². The molecular formula is C15H11F4NO4S. The second-order valence-electron chi connectivity index (χ2n) is 4.93. The number of nitrogens with one attached hydrogen (secondary N) is 1. The maximum atomic E-state index is 13.4. The van der Waals surface area contributed by atoms with Gasteiger partial charge in [-0.25, -0.2) is 17.2 Å². The van der Waals surface area contributed by atoms with E-state index in [1.165, 1.54) is 24.3 Å². The molecule has 2 rings (SSSR count). The topological polar surface area (TPSA) is 72.5 Å². The first-order chi connectivity index (χ1) is 11.6. The molecule has 0 aromatic heterocycles. The van der Waals surface area contributed by atoms with E-state index in [-0.39, 0.29) is 16.6 Å². The summed E-state index contributed by atoms with van der Waals surface area (Å²) in [5.41, 5.74) is 0.187. The Balaban J connectivity index is 2.05. The molecular weight excluding hydrogens is 366 g/mol. The summed E-state index contributed by atoms with van der Waals surface area (Å²) in [5.74, 6) is -9.07. The number of benzene rings is 2. The van der Waals surface area contributed by atoms with Gasteiger partial charge in [0, 0.05) is 18.0 Å². The van der Waals surface area contributed by atoms with Crippen molar-refractivity contribution in [3.63, 3.8) is 0 Å². The van der Waals surface area contributed by atoms with Crippen molar-refractivity contribution in [3.05, 3.63) is 53.6 Å². The highest BCUT2D eigenvalue weighted by Gasteiger charge is 2.21. The van der Waals surface area contributed by atoms with Crippen LogP contribution in [0.4, 0.5) is 23.2 Å². The number of carbonyl (C=O) groups excluding carboxylic acids is 1. The summed E-state index contributed by atoms with van der Waals surface area (Å²) in [7, 11) is -3.40. The third-order valence-electron chi connectivity index (χ3n) is 2.99. The molecule has 5 nitrogen and oxygen atoms in total. The SMILES string of the molecule is CS(=O)(=O)c1ccc(NC(=O)COc2c(F)c(F)cc(F)c2F)cc1. The molecule has 0 saturated carbocycles. The zero-order valence-corrected chi connectivity index (χ0v) is 13.5. The molecule has 2 aromatic rings. The Kier molecular flexibility index (Phi) is 5.31. The van der Waals surface area contributed by atoms with E-state index in [0.717, 1.165) is 6.26 Å². The number of hydrogen-bond donors (Lipinski definition) is 1. The summed E-state index contributed by atoms with van der Waals surface area (Å²) in [5, 5.41) is 2.27. The third-order valence-corrected chi connectivity index (χ3v) is 4.11. The number of sulfone groups is 1. The van der Waals surface area contributed by atoms with E-state index in [1.54, 1.807) is 0 Å². The average molecular weight is 377 g/mol. The molecule has 134 valence electrons.